The number of rotatable bonds is 9. The van der Waals surface area contributed by atoms with Gasteiger partial charge in [-0.1, -0.05) is 49.4 Å². The van der Waals surface area contributed by atoms with Gasteiger partial charge in [0.15, 0.2) is 5.60 Å². The SMILES string of the molecule is C=CCN1C(=O)[C@@](O)([C@@H](C)/C=C/CC(=O)N2Cc3ccccc3C[C@H]2CO)c2cc(NC(=O)C3CCCNC3)ccc21. The van der Waals surface area contributed by atoms with Gasteiger partial charge in [-0.05, 0) is 55.1 Å². The third kappa shape index (κ3) is 5.64. The first-order valence-electron chi connectivity index (χ1n) is 14.7. The molecule has 0 bridgehead atoms. The molecule has 0 aliphatic carbocycles. The molecule has 5 rings (SSSR count). The van der Waals surface area contributed by atoms with E-state index in [1.54, 1.807) is 48.3 Å². The molecule has 9 heteroatoms. The number of nitrogens with one attached hydrogen (secondary N) is 2. The average molecular weight is 573 g/mol. The number of hydrogen-bond donors (Lipinski definition) is 4. The van der Waals surface area contributed by atoms with E-state index in [2.05, 4.69) is 17.2 Å². The zero-order valence-electron chi connectivity index (χ0n) is 24.1. The quantitative estimate of drug-likeness (QED) is 0.343. The molecule has 0 radical (unpaired) electrons. The van der Waals surface area contributed by atoms with E-state index < -0.39 is 17.4 Å². The van der Waals surface area contributed by atoms with Crippen molar-refractivity contribution in [3.05, 3.63) is 84.0 Å². The molecule has 0 spiro atoms. The monoisotopic (exact) mass is 572 g/mol. The van der Waals surface area contributed by atoms with Crippen LogP contribution in [0.1, 0.15) is 42.9 Å². The van der Waals surface area contributed by atoms with Gasteiger partial charge in [0.1, 0.15) is 0 Å². The van der Waals surface area contributed by atoms with Gasteiger partial charge in [-0.25, -0.2) is 0 Å². The van der Waals surface area contributed by atoms with Crippen molar-refractivity contribution in [2.45, 2.75) is 50.8 Å². The van der Waals surface area contributed by atoms with Crippen molar-refractivity contribution < 1.29 is 24.6 Å². The summed E-state index contributed by atoms with van der Waals surface area (Å²) in [5.74, 6) is -1.51. The number of hydrogen-bond acceptors (Lipinski definition) is 6. The molecule has 4 N–H and O–H groups in total. The molecule has 3 heterocycles. The van der Waals surface area contributed by atoms with Crippen molar-refractivity contribution in [3.8, 4) is 0 Å². The highest BCUT2D eigenvalue weighted by atomic mass is 16.3. The van der Waals surface area contributed by atoms with E-state index in [1.165, 1.54) is 4.90 Å². The normalized spacial score (nSPS) is 24.3. The summed E-state index contributed by atoms with van der Waals surface area (Å²) >= 11 is 0. The highest BCUT2D eigenvalue weighted by Crippen LogP contribution is 2.46. The van der Waals surface area contributed by atoms with Crippen molar-refractivity contribution >= 4 is 29.1 Å². The molecule has 1 unspecified atom stereocenters. The van der Waals surface area contributed by atoms with Crippen LogP contribution < -0.4 is 15.5 Å². The fourth-order valence-corrected chi connectivity index (χ4v) is 6.33. The summed E-state index contributed by atoms with van der Waals surface area (Å²) in [4.78, 5) is 42.9. The molecule has 222 valence electrons. The molecule has 42 heavy (non-hydrogen) atoms. The van der Waals surface area contributed by atoms with Crippen LogP contribution >= 0.6 is 0 Å². The topological polar surface area (TPSA) is 122 Å². The maximum atomic E-state index is 13.6. The number of nitrogens with zero attached hydrogens (tertiary/aromatic N) is 2. The molecule has 4 atom stereocenters. The number of aliphatic hydroxyl groups is 2. The van der Waals surface area contributed by atoms with Crippen molar-refractivity contribution in [1.82, 2.24) is 10.2 Å². The Balaban J connectivity index is 1.33. The number of anilines is 2. The minimum atomic E-state index is -1.89. The van der Waals surface area contributed by atoms with Crippen molar-refractivity contribution in [2.24, 2.45) is 11.8 Å². The van der Waals surface area contributed by atoms with Crippen molar-refractivity contribution in [3.63, 3.8) is 0 Å². The van der Waals surface area contributed by atoms with E-state index in [-0.39, 0.29) is 43.3 Å². The van der Waals surface area contributed by atoms with Crippen LogP contribution in [0, 0.1) is 11.8 Å². The molecule has 3 aliphatic heterocycles. The van der Waals surface area contributed by atoms with Crippen LogP contribution in [0.2, 0.25) is 0 Å². The van der Waals surface area contributed by atoms with Crippen molar-refractivity contribution in [1.29, 1.82) is 0 Å². The van der Waals surface area contributed by atoms with Crippen LogP contribution in [-0.4, -0.2) is 65.1 Å². The second kappa shape index (κ2) is 12.6. The molecule has 3 aliphatic rings. The van der Waals surface area contributed by atoms with Crippen LogP contribution in [0.4, 0.5) is 11.4 Å². The molecule has 9 nitrogen and oxygen atoms in total. The molecule has 1 fully saturated rings. The number of carbonyl (C=O) groups is 3. The first-order chi connectivity index (χ1) is 20.3. The van der Waals surface area contributed by atoms with Gasteiger partial charge in [-0.3, -0.25) is 14.4 Å². The third-order valence-electron chi connectivity index (χ3n) is 8.78. The Bertz CT molecular complexity index is 1380. The minimum Gasteiger partial charge on any atom is -0.394 e. The molecule has 0 aromatic heterocycles. The standard InChI is InChI=1S/C33H40N4O5/c1-3-16-36-29-14-13-26(35-31(40)24-11-7-15-34-19-24)18-28(29)33(42,32(36)41)22(2)8-6-12-30(39)37-20-25-10-5-4-9-23(25)17-27(37)21-38/h3-6,8-10,13-14,18,22,24,27,34,38,42H,1,7,11-12,15-17,19-21H2,2H3,(H,35,40)/b8-6+/t22-,24?,27-,33+/m0/s1. The zero-order chi connectivity index (χ0) is 29.9. The molecular weight excluding hydrogens is 532 g/mol. The summed E-state index contributed by atoms with van der Waals surface area (Å²) in [6.45, 7) is 7.56. The largest absolute Gasteiger partial charge is 0.394 e. The van der Waals surface area contributed by atoms with E-state index >= 15 is 0 Å². The number of piperidine rings is 1. The van der Waals surface area contributed by atoms with Gasteiger partial charge in [-0.15, -0.1) is 6.58 Å². The third-order valence-corrected chi connectivity index (χ3v) is 8.78. The highest BCUT2D eigenvalue weighted by Gasteiger charge is 2.52. The Kier molecular flexibility index (Phi) is 8.91. The van der Waals surface area contributed by atoms with E-state index in [0.29, 0.717) is 36.4 Å². The lowest BCUT2D eigenvalue weighted by atomic mass is 9.82. The van der Waals surface area contributed by atoms with E-state index in [9.17, 15) is 24.6 Å². The Labute approximate surface area is 246 Å². The van der Waals surface area contributed by atoms with Crippen LogP contribution in [0.3, 0.4) is 0 Å². The van der Waals surface area contributed by atoms with E-state index in [1.807, 2.05) is 24.3 Å². The Hall–Kier alpha value is -3.79. The number of benzene rings is 2. The Morgan fingerprint density at radius 2 is 2.02 bits per heavy atom. The van der Waals surface area contributed by atoms with Gasteiger partial charge >= 0.3 is 0 Å². The zero-order valence-corrected chi connectivity index (χ0v) is 24.1. The number of carbonyl (C=O) groups excluding carboxylic acids is 3. The first kappa shape index (κ1) is 29.7. The fraction of sp³-hybridized carbons (Fsp3) is 0.424. The lowest BCUT2D eigenvalue weighted by molar-refractivity contribution is -0.139. The maximum Gasteiger partial charge on any atom is 0.264 e. The second-order valence-corrected chi connectivity index (χ2v) is 11.5. The molecule has 1 saturated heterocycles. The summed E-state index contributed by atoms with van der Waals surface area (Å²) in [6.07, 6.45) is 7.40. The smallest absolute Gasteiger partial charge is 0.264 e. The van der Waals surface area contributed by atoms with Crippen LogP contribution in [0.5, 0.6) is 0 Å². The van der Waals surface area contributed by atoms with Gasteiger partial charge in [0.25, 0.3) is 5.91 Å². The Morgan fingerprint density at radius 1 is 1.24 bits per heavy atom. The van der Waals surface area contributed by atoms with Crippen LogP contribution in [-0.2, 0) is 33.0 Å². The van der Waals surface area contributed by atoms with Crippen LogP contribution in [0.25, 0.3) is 0 Å². The summed E-state index contributed by atoms with van der Waals surface area (Å²) in [7, 11) is 0. The summed E-state index contributed by atoms with van der Waals surface area (Å²) < 4.78 is 0. The molecule has 3 amide bonds. The van der Waals surface area contributed by atoms with Crippen molar-refractivity contribution in [2.75, 3.05) is 36.5 Å². The predicted octanol–water partition coefficient (Wildman–Crippen LogP) is 2.87. The lowest BCUT2D eigenvalue weighted by Gasteiger charge is -2.36. The molecule has 2 aromatic carbocycles. The predicted molar refractivity (Wildman–Crippen MR) is 162 cm³/mol. The highest BCUT2D eigenvalue weighted by molar-refractivity contribution is 6.08. The summed E-state index contributed by atoms with van der Waals surface area (Å²) in [6, 6.07) is 12.8. The van der Waals surface area contributed by atoms with Gasteiger partial charge in [0.05, 0.1) is 24.3 Å². The number of fused-ring (bicyclic) bond motifs is 2. The maximum absolute atomic E-state index is 13.6. The van der Waals surface area contributed by atoms with Gasteiger partial charge in [0.2, 0.25) is 11.8 Å². The summed E-state index contributed by atoms with van der Waals surface area (Å²) in [5, 5.41) is 28.1. The minimum absolute atomic E-state index is 0.0715. The first-order valence-corrected chi connectivity index (χ1v) is 14.7. The second-order valence-electron chi connectivity index (χ2n) is 11.5. The fourth-order valence-electron chi connectivity index (χ4n) is 6.33. The van der Waals surface area contributed by atoms with E-state index in [0.717, 1.165) is 30.5 Å². The van der Waals surface area contributed by atoms with Crippen LogP contribution in [0.15, 0.2) is 67.3 Å². The average Bonchev–Trinajstić information content (AvgIpc) is 3.23. The lowest BCUT2D eigenvalue weighted by Crippen LogP contribution is -2.46. The summed E-state index contributed by atoms with van der Waals surface area (Å²) in [5.41, 5.74) is 1.81. The number of amides is 3. The molecular formula is C33H40N4O5. The number of aliphatic hydroxyl groups excluding tert-OH is 1. The Morgan fingerprint density at radius 3 is 2.74 bits per heavy atom. The molecule has 0 saturated carbocycles. The van der Waals surface area contributed by atoms with Gasteiger partial charge < -0.3 is 30.6 Å². The van der Waals surface area contributed by atoms with Gasteiger partial charge in [0, 0.05) is 43.2 Å². The van der Waals surface area contributed by atoms with Gasteiger partial charge in [-0.2, -0.15) is 0 Å². The molecule has 2 aromatic rings. The van der Waals surface area contributed by atoms with E-state index in [4.69, 9.17) is 0 Å².